The molecule has 0 aliphatic carbocycles. The van der Waals surface area contributed by atoms with Gasteiger partial charge in [-0.15, -0.1) is 0 Å². The number of carbonyl (C=O) groups is 1. The average Bonchev–Trinajstić information content (AvgIpc) is 3.13. The summed E-state index contributed by atoms with van der Waals surface area (Å²) < 4.78 is 28.5. The molecule has 3 heterocycles. The van der Waals surface area contributed by atoms with Gasteiger partial charge in [-0.3, -0.25) is 0 Å². The predicted octanol–water partition coefficient (Wildman–Crippen LogP) is 2.04. The van der Waals surface area contributed by atoms with Crippen molar-refractivity contribution in [2.24, 2.45) is 0 Å². The Labute approximate surface area is 162 Å². The number of ether oxygens (including phenoxy) is 1. The second kappa shape index (κ2) is 7.23. The van der Waals surface area contributed by atoms with Crippen molar-refractivity contribution < 1.29 is 17.9 Å². The van der Waals surface area contributed by atoms with E-state index in [1.807, 2.05) is 29.2 Å². The second-order valence-electron chi connectivity index (χ2n) is 6.56. The molecule has 1 aliphatic heterocycles. The fourth-order valence-corrected chi connectivity index (χ4v) is 4.57. The summed E-state index contributed by atoms with van der Waals surface area (Å²) in [6.45, 7) is 2.96. The van der Waals surface area contributed by atoms with E-state index in [4.69, 9.17) is 4.74 Å². The number of carbonyl (C=O) groups excluding carboxylic acids is 1. The van der Waals surface area contributed by atoms with Gasteiger partial charge in [-0.1, -0.05) is 12.1 Å². The first-order valence-corrected chi connectivity index (χ1v) is 10.9. The maximum atomic E-state index is 12.3. The van der Waals surface area contributed by atoms with E-state index < -0.39 is 15.8 Å². The lowest BCUT2D eigenvalue weighted by Gasteiger charge is -2.29. The molecule has 28 heavy (non-hydrogen) atoms. The highest BCUT2D eigenvalue weighted by Gasteiger charge is 2.23. The van der Waals surface area contributed by atoms with Gasteiger partial charge in [0.25, 0.3) is 0 Å². The maximum absolute atomic E-state index is 12.3. The van der Waals surface area contributed by atoms with E-state index in [0.29, 0.717) is 35.4 Å². The molecule has 0 unspecified atom stereocenters. The zero-order chi connectivity index (χ0) is 19.7. The molecule has 0 spiro atoms. The number of benzene rings is 1. The van der Waals surface area contributed by atoms with Gasteiger partial charge in [-0.05, 0) is 19.1 Å². The Hall–Kier alpha value is -2.94. The number of nitrogens with zero attached hydrogens (tertiary/aromatic N) is 3. The zero-order valence-corrected chi connectivity index (χ0v) is 16.2. The molecule has 1 saturated heterocycles. The lowest BCUT2D eigenvalue weighted by molar-refractivity contribution is 0.0528. The van der Waals surface area contributed by atoms with Gasteiger partial charge in [0.2, 0.25) is 0 Å². The third-order valence-electron chi connectivity index (χ3n) is 4.79. The van der Waals surface area contributed by atoms with Crippen LogP contribution in [-0.4, -0.2) is 60.5 Å². The van der Waals surface area contributed by atoms with E-state index >= 15 is 0 Å². The van der Waals surface area contributed by atoms with Gasteiger partial charge >= 0.3 is 5.97 Å². The molecule has 1 aliphatic rings. The number of hydrogen-bond acceptors (Lipinski definition) is 7. The molecule has 1 aromatic carbocycles. The van der Waals surface area contributed by atoms with E-state index in [9.17, 15) is 13.2 Å². The topological polar surface area (TPSA) is 105 Å². The minimum atomic E-state index is -2.95. The van der Waals surface area contributed by atoms with Crippen molar-refractivity contribution in [2.45, 2.75) is 6.92 Å². The molecule has 0 amide bonds. The van der Waals surface area contributed by atoms with Gasteiger partial charge in [0.05, 0.1) is 34.8 Å². The summed E-state index contributed by atoms with van der Waals surface area (Å²) in [5.41, 5.74) is 3.32. The van der Waals surface area contributed by atoms with Crippen LogP contribution in [0.1, 0.15) is 17.3 Å². The number of aromatic amines is 1. The van der Waals surface area contributed by atoms with Crippen LogP contribution in [0.3, 0.4) is 0 Å². The van der Waals surface area contributed by atoms with Crippen molar-refractivity contribution >= 4 is 32.5 Å². The number of esters is 1. The van der Waals surface area contributed by atoms with Gasteiger partial charge < -0.3 is 14.6 Å². The molecule has 1 fully saturated rings. The summed E-state index contributed by atoms with van der Waals surface area (Å²) in [6.07, 6.45) is 3.03. The first-order chi connectivity index (χ1) is 13.5. The summed E-state index contributed by atoms with van der Waals surface area (Å²) in [4.78, 5) is 26.0. The van der Waals surface area contributed by atoms with Crippen LogP contribution in [0.25, 0.3) is 22.3 Å². The van der Waals surface area contributed by atoms with Crippen LogP contribution in [0.5, 0.6) is 0 Å². The Bertz CT molecular complexity index is 1130. The predicted molar refractivity (Wildman–Crippen MR) is 106 cm³/mol. The number of aromatic nitrogens is 3. The van der Waals surface area contributed by atoms with Crippen LogP contribution in [0, 0.1) is 0 Å². The average molecular weight is 400 g/mol. The van der Waals surface area contributed by atoms with Gasteiger partial charge in [0.15, 0.2) is 9.84 Å². The van der Waals surface area contributed by atoms with Crippen molar-refractivity contribution in [3.05, 3.63) is 42.4 Å². The Morgan fingerprint density at radius 3 is 2.79 bits per heavy atom. The van der Waals surface area contributed by atoms with Crippen LogP contribution >= 0.6 is 0 Å². The minimum absolute atomic E-state index is 0.153. The highest BCUT2D eigenvalue weighted by Crippen LogP contribution is 2.31. The Morgan fingerprint density at radius 1 is 1.25 bits per heavy atom. The fourth-order valence-electron chi connectivity index (χ4n) is 3.37. The Kier molecular flexibility index (Phi) is 4.76. The van der Waals surface area contributed by atoms with Crippen LogP contribution < -0.4 is 4.90 Å². The van der Waals surface area contributed by atoms with Crippen molar-refractivity contribution in [2.75, 3.05) is 36.1 Å². The molecule has 2 aromatic heterocycles. The molecular formula is C19H20N4O4S. The minimum Gasteiger partial charge on any atom is -0.462 e. The number of H-pyrrole nitrogens is 1. The molecular weight excluding hydrogens is 380 g/mol. The van der Waals surface area contributed by atoms with Gasteiger partial charge in [0, 0.05) is 30.5 Å². The summed E-state index contributed by atoms with van der Waals surface area (Å²) in [7, 11) is -2.95. The van der Waals surface area contributed by atoms with Gasteiger partial charge in [-0.2, -0.15) is 0 Å². The van der Waals surface area contributed by atoms with Crippen molar-refractivity contribution in [1.29, 1.82) is 0 Å². The van der Waals surface area contributed by atoms with E-state index in [1.165, 1.54) is 6.33 Å². The first-order valence-electron chi connectivity index (χ1n) is 9.03. The van der Waals surface area contributed by atoms with E-state index in [1.54, 1.807) is 13.1 Å². The second-order valence-corrected chi connectivity index (χ2v) is 8.86. The molecule has 1 N–H and O–H groups in total. The quantitative estimate of drug-likeness (QED) is 0.668. The fraction of sp³-hybridized carbons (Fsp3) is 0.316. The molecule has 0 atom stereocenters. The highest BCUT2D eigenvalue weighted by molar-refractivity contribution is 7.91. The van der Waals surface area contributed by atoms with Crippen molar-refractivity contribution in [1.82, 2.24) is 15.0 Å². The number of fused-ring (bicyclic) bond motifs is 1. The van der Waals surface area contributed by atoms with Crippen LogP contribution in [0.4, 0.5) is 5.69 Å². The third-order valence-corrected chi connectivity index (χ3v) is 6.40. The zero-order valence-electron chi connectivity index (χ0n) is 15.4. The summed E-state index contributed by atoms with van der Waals surface area (Å²) >= 11 is 0. The van der Waals surface area contributed by atoms with Crippen LogP contribution in [-0.2, 0) is 14.6 Å². The Balaban J connectivity index is 1.75. The summed E-state index contributed by atoms with van der Waals surface area (Å²) in [6, 6.07) is 7.72. The van der Waals surface area contributed by atoms with E-state index in [-0.39, 0.29) is 18.1 Å². The molecule has 3 aromatic rings. The normalized spacial score (nSPS) is 16.2. The van der Waals surface area contributed by atoms with Gasteiger partial charge in [-0.25, -0.2) is 23.2 Å². The lowest BCUT2D eigenvalue weighted by atomic mass is 10.1. The summed E-state index contributed by atoms with van der Waals surface area (Å²) in [5, 5.41) is 0.610. The molecule has 9 heteroatoms. The molecule has 0 bridgehead atoms. The molecule has 0 radical (unpaired) electrons. The van der Waals surface area contributed by atoms with Crippen molar-refractivity contribution in [3.63, 3.8) is 0 Å². The van der Waals surface area contributed by atoms with Crippen molar-refractivity contribution in [3.8, 4) is 11.3 Å². The number of rotatable bonds is 4. The largest absolute Gasteiger partial charge is 0.462 e. The highest BCUT2D eigenvalue weighted by atomic mass is 32.2. The lowest BCUT2D eigenvalue weighted by Crippen LogP contribution is -2.40. The van der Waals surface area contributed by atoms with E-state index in [2.05, 4.69) is 15.0 Å². The van der Waals surface area contributed by atoms with E-state index in [0.717, 1.165) is 11.3 Å². The molecule has 8 nitrogen and oxygen atoms in total. The standard InChI is InChI=1S/C19H20N4O4S/c1-2-27-19(24)15-11-20-18-16(15)17(21-12-22-18)13-4-3-5-14(10-13)23-6-8-28(25,26)9-7-23/h3-5,10-12H,2,6-9H2,1H3,(H,20,21,22). The molecule has 4 rings (SSSR count). The summed E-state index contributed by atoms with van der Waals surface area (Å²) in [5.74, 6) is -0.123. The maximum Gasteiger partial charge on any atom is 0.340 e. The molecule has 0 saturated carbocycles. The smallest absolute Gasteiger partial charge is 0.340 e. The monoisotopic (exact) mass is 400 g/mol. The Morgan fingerprint density at radius 2 is 2.04 bits per heavy atom. The van der Waals surface area contributed by atoms with Gasteiger partial charge in [0.1, 0.15) is 12.0 Å². The van der Waals surface area contributed by atoms with Crippen LogP contribution in [0.2, 0.25) is 0 Å². The molecule has 146 valence electrons. The number of hydrogen-bond donors (Lipinski definition) is 1. The SMILES string of the molecule is CCOC(=O)c1c[nH]c2ncnc(-c3cccc(N4CCS(=O)(=O)CC4)c3)c12. The third kappa shape index (κ3) is 3.45. The first kappa shape index (κ1) is 18.4. The van der Waals surface area contributed by atoms with Crippen LogP contribution in [0.15, 0.2) is 36.8 Å². The number of anilines is 1. The number of sulfone groups is 1. The number of nitrogens with one attached hydrogen (secondary N) is 1.